The Labute approximate surface area is 250 Å². The highest BCUT2D eigenvalue weighted by atomic mass is 35.5. The third-order valence-corrected chi connectivity index (χ3v) is 7.65. The lowest BCUT2D eigenvalue weighted by Crippen LogP contribution is -2.34. The number of carbonyl (C=O) groups excluding carboxylic acids is 1. The molecule has 4 aromatic rings. The van der Waals surface area contributed by atoms with E-state index >= 15 is 0 Å². The molecule has 0 amide bonds. The van der Waals surface area contributed by atoms with E-state index in [4.69, 9.17) is 25.8 Å². The minimum absolute atomic E-state index is 0.0719. The van der Waals surface area contributed by atoms with Crippen molar-refractivity contribution < 1.29 is 32.2 Å². The SMILES string of the molecule is COc1cn(C(C[C@H]2CCCCO2)C(=O)Cc2ccc3nn(C)cc3c2)c(=O)cc1-c1cc(Cl)ccc1OCC(F)(F)F. The van der Waals surface area contributed by atoms with Crippen LogP contribution in [0.25, 0.3) is 22.0 Å². The molecule has 0 spiro atoms. The highest BCUT2D eigenvalue weighted by Crippen LogP contribution is 2.38. The van der Waals surface area contributed by atoms with Crippen molar-refractivity contribution in [1.82, 2.24) is 14.3 Å². The summed E-state index contributed by atoms with van der Waals surface area (Å²) in [7, 11) is 3.20. The number of Topliss-reactive ketones (excluding diaryl/α,β-unsaturated/α-hetero) is 1. The Morgan fingerprint density at radius 3 is 2.63 bits per heavy atom. The second-order valence-electron chi connectivity index (χ2n) is 10.6. The maximum Gasteiger partial charge on any atom is 0.422 e. The van der Waals surface area contributed by atoms with E-state index in [9.17, 15) is 22.8 Å². The minimum Gasteiger partial charge on any atom is -0.495 e. The van der Waals surface area contributed by atoms with Crippen LogP contribution in [0.2, 0.25) is 5.02 Å². The number of rotatable bonds is 10. The van der Waals surface area contributed by atoms with Gasteiger partial charge in [0.1, 0.15) is 11.5 Å². The van der Waals surface area contributed by atoms with Gasteiger partial charge in [-0.2, -0.15) is 18.3 Å². The number of halogens is 4. The molecule has 1 aliphatic heterocycles. The van der Waals surface area contributed by atoms with Crippen molar-refractivity contribution in [1.29, 1.82) is 0 Å². The Kier molecular flexibility index (Phi) is 9.12. The van der Waals surface area contributed by atoms with Crippen molar-refractivity contribution in [2.24, 2.45) is 7.05 Å². The van der Waals surface area contributed by atoms with Crippen LogP contribution in [-0.4, -0.2) is 52.7 Å². The molecule has 0 radical (unpaired) electrons. The van der Waals surface area contributed by atoms with Crippen LogP contribution < -0.4 is 15.0 Å². The number of ether oxygens (including phenoxy) is 3. The predicted octanol–water partition coefficient (Wildman–Crippen LogP) is 6.32. The zero-order valence-electron chi connectivity index (χ0n) is 23.7. The van der Waals surface area contributed by atoms with E-state index in [0.29, 0.717) is 6.61 Å². The van der Waals surface area contributed by atoms with Gasteiger partial charge in [-0.3, -0.25) is 14.3 Å². The van der Waals surface area contributed by atoms with Crippen LogP contribution >= 0.6 is 11.6 Å². The van der Waals surface area contributed by atoms with Gasteiger partial charge in [-0.25, -0.2) is 0 Å². The van der Waals surface area contributed by atoms with E-state index in [-0.39, 0.29) is 52.4 Å². The molecule has 0 aliphatic carbocycles. The first-order valence-corrected chi connectivity index (χ1v) is 14.2. The maximum absolute atomic E-state index is 13.9. The van der Waals surface area contributed by atoms with Crippen LogP contribution in [0.3, 0.4) is 0 Å². The average molecular weight is 618 g/mol. The van der Waals surface area contributed by atoms with Gasteiger partial charge in [0.25, 0.3) is 5.56 Å². The number of pyridine rings is 1. The topological polar surface area (TPSA) is 84.6 Å². The molecule has 1 fully saturated rings. The number of hydrogen-bond donors (Lipinski definition) is 0. The lowest BCUT2D eigenvalue weighted by Gasteiger charge is -2.28. The highest BCUT2D eigenvalue weighted by Gasteiger charge is 2.31. The maximum atomic E-state index is 13.9. The van der Waals surface area contributed by atoms with Crippen molar-refractivity contribution in [3.63, 3.8) is 0 Å². The summed E-state index contributed by atoms with van der Waals surface area (Å²) in [6, 6.07) is 10.1. The summed E-state index contributed by atoms with van der Waals surface area (Å²) in [6.07, 6.45) is 1.51. The Hall–Kier alpha value is -3.83. The van der Waals surface area contributed by atoms with Crippen molar-refractivity contribution >= 4 is 28.3 Å². The Morgan fingerprint density at radius 1 is 1.12 bits per heavy atom. The van der Waals surface area contributed by atoms with Crippen LogP contribution in [0.15, 0.2) is 59.7 Å². The van der Waals surface area contributed by atoms with E-state index in [2.05, 4.69) is 5.10 Å². The van der Waals surface area contributed by atoms with Crippen LogP contribution in [0, 0.1) is 0 Å². The molecule has 0 bridgehead atoms. The van der Waals surface area contributed by atoms with E-state index in [1.54, 1.807) is 4.68 Å². The molecule has 1 aliphatic rings. The van der Waals surface area contributed by atoms with Crippen molar-refractivity contribution in [3.05, 3.63) is 75.8 Å². The highest BCUT2D eigenvalue weighted by molar-refractivity contribution is 6.31. The number of aromatic nitrogens is 3. The zero-order chi connectivity index (χ0) is 30.7. The Balaban J connectivity index is 1.52. The summed E-state index contributed by atoms with van der Waals surface area (Å²) < 4.78 is 58.4. The number of carbonyl (C=O) groups is 1. The van der Waals surface area contributed by atoms with Crippen molar-refractivity contribution in [3.8, 4) is 22.6 Å². The lowest BCUT2D eigenvalue weighted by atomic mass is 9.95. The summed E-state index contributed by atoms with van der Waals surface area (Å²) >= 11 is 6.17. The first kappa shape index (κ1) is 30.6. The van der Waals surface area contributed by atoms with Crippen LogP contribution in [0.4, 0.5) is 13.2 Å². The molecule has 5 rings (SSSR count). The van der Waals surface area contributed by atoms with E-state index < -0.39 is 24.4 Å². The molecule has 228 valence electrons. The molecule has 1 saturated heterocycles. The molecule has 43 heavy (non-hydrogen) atoms. The Morgan fingerprint density at radius 2 is 1.91 bits per heavy atom. The largest absolute Gasteiger partial charge is 0.495 e. The predicted molar refractivity (Wildman–Crippen MR) is 156 cm³/mol. The first-order valence-electron chi connectivity index (χ1n) is 13.9. The fourth-order valence-corrected chi connectivity index (χ4v) is 5.59. The molecule has 0 saturated carbocycles. The van der Waals surface area contributed by atoms with E-state index in [1.807, 2.05) is 31.4 Å². The van der Waals surface area contributed by atoms with Crippen LogP contribution in [0.1, 0.15) is 37.3 Å². The van der Waals surface area contributed by atoms with Gasteiger partial charge in [0.15, 0.2) is 12.4 Å². The molecule has 2 atom stereocenters. The third kappa shape index (κ3) is 7.40. The molecule has 3 heterocycles. The van der Waals surface area contributed by atoms with Crippen molar-refractivity contribution in [2.45, 2.75) is 50.4 Å². The fourth-order valence-electron chi connectivity index (χ4n) is 5.41. The number of aryl methyl sites for hydroxylation is 1. The fraction of sp³-hybridized carbons (Fsp3) is 0.387. The first-order chi connectivity index (χ1) is 20.5. The number of nitrogens with zero attached hydrogens (tertiary/aromatic N) is 3. The van der Waals surface area contributed by atoms with E-state index in [0.717, 1.165) is 35.7 Å². The lowest BCUT2D eigenvalue weighted by molar-refractivity contribution is -0.153. The van der Waals surface area contributed by atoms with Gasteiger partial charge >= 0.3 is 6.18 Å². The van der Waals surface area contributed by atoms with E-state index in [1.165, 1.54) is 42.1 Å². The Bertz CT molecular complexity index is 1680. The smallest absolute Gasteiger partial charge is 0.422 e. The summed E-state index contributed by atoms with van der Waals surface area (Å²) in [5.74, 6) is -0.143. The summed E-state index contributed by atoms with van der Waals surface area (Å²) in [6.45, 7) is -0.945. The number of ketones is 1. The number of hydrogen-bond acceptors (Lipinski definition) is 6. The number of benzene rings is 2. The van der Waals surface area contributed by atoms with Gasteiger partial charge in [-0.05, 0) is 55.2 Å². The van der Waals surface area contributed by atoms with Crippen LogP contribution in [0.5, 0.6) is 11.5 Å². The molecule has 2 aromatic carbocycles. The zero-order valence-corrected chi connectivity index (χ0v) is 24.5. The summed E-state index contributed by atoms with van der Waals surface area (Å²) in [5, 5.41) is 5.50. The standard InChI is InChI=1S/C31H31ClF3N3O5/c1-37-16-20-11-19(6-8-25(20)36-37)12-27(39)26(14-22-5-3-4-10-42-22)38-17-29(41-2)24(15-30(38)40)23-13-21(32)7-9-28(23)43-18-31(33,34)35/h6-9,11,13,15-17,22,26H,3-5,10,12,14,18H2,1-2H3/t22-,26?/m1/s1. The number of methoxy groups -OCH3 is 1. The second-order valence-corrected chi connectivity index (χ2v) is 11.1. The molecular weight excluding hydrogens is 587 g/mol. The monoisotopic (exact) mass is 617 g/mol. The minimum atomic E-state index is -4.57. The molecule has 1 unspecified atom stereocenters. The third-order valence-electron chi connectivity index (χ3n) is 7.42. The van der Waals surface area contributed by atoms with Gasteiger partial charge in [0.2, 0.25) is 0 Å². The molecule has 8 nitrogen and oxygen atoms in total. The molecule has 2 aromatic heterocycles. The van der Waals surface area contributed by atoms with Crippen LogP contribution in [-0.2, 0) is 23.0 Å². The van der Waals surface area contributed by atoms with Crippen molar-refractivity contribution in [2.75, 3.05) is 20.3 Å². The summed E-state index contributed by atoms with van der Waals surface area (Å²) in [4.78, 5) is 27.6. The summed E-state index contributed by atoms with van der Waals surface area (Å²) in [5.41, 5.74) is 1.39. The normalized spacial score (nSPS) is 16.3. The number of alkyl halides is 3. The molecular formula is C31H31ClF3N3O5. The molecule has 0 N–H and O–H groups in total. The number of fused-ring (bicyclic) bond motifs is 1. The second kappa shape index (κ2) is 12.8. The van der Waals surface area contributed by atoms with Gasteiger partial charge < -0.3 is 18.8 Å². The average Bonchev–Trinajstić information content (AvgIpc) is 3.34. The van der Waals surface area contributed by atoms with Gasteiger partial charge in [0, 0.05) is 60.3 Å². The van der Waals surface area contributed by atoms with Gasteiger partial charge in [-0.1, -0.05) is 17.7 Å². The quantitative estimate of drug-likeness (QED) is 0.207. The van der Waals surface area contributed by atoms with Gasteiger partial charge in [0.05, 0.1) is 31.0 Å². The molecule has 12 heteroatoms. The van der Waals surface area contributed by atoms with Gasteiger partial charge in [-0.15, -0.1) is 0 Å².